The number of aromatic nitrogens is 3. The molecule has 112 valence electrons. The van der Waals surface area contributed by atoms with Gasteiger partial charge >= 0.3 is 6.09 Å². The molecular formula is C16H16N4O2. The molecule has 0 spiro atoms. The summed E-state index contributed by atoms with van der Waals surface area (Å²) in [7, 11) is 0. The van der Waals surface area contributed by atoms with Crippen molar-refractivity contribution in [2.24, 2.45) is 0 Å². The highest BCUT2D eigenvalue weighted by molar-refractivity contribution is 5.71. The molecule has 0 radical (unpaired) electrons. The van der Waals surface area contributed by atoms with Crippen LogP contribution in [-0.4, -0.2) is 21.0 Å². The van der Waals surface area contributed by atoms with Gasteiger partial charge in [-0.15, -0.1) is 0 Å². The third-order valence-corrected chi connectivity index (χ3v) is 3.15. The number of hydrogen-bond donors (Lipinski definition) is 2. The first-order valence-electron chi connectivity index (χ1n) is 6.97. The van der Waals surface area contributed by atoms with E-state index in [0.717, 1.165) is 16.8 Å². The Balaban J connectivity index is 1.53. The highest BCUT2D eigenvalue weighted by Crippen LogP contribution is 2.09. The van der Waals surface area contributed by atoms with Gasteiger partial charge in [0.15, 0.2) is 5.65 Å². The van der Waals surface area contributed by atoms with E-state index in [4.69, 9.17) is 4.74 Å². The smallest absolute Gasteiger partial charge is 0.407 e. The summed E-state index contributed by atoms with van der Waals surface area (Å²) in [6, 6.07) is 13.4. The number of alkyl carbamates (subject to hydrolysis) is 1. The third kappa shape index (κ3) is 3.41. The lowest BCUT2D eigenvalue weighted by molar-refractivity contribution is 0.139. The molecule has 22 heavy (non-hydrogen) atoms. The number of nitrogens with one attached hydrogen (secondary N) is 2. The van der Waals surface area contributed by atoms with Crippen molar-refractivity contribution in [1.29, 1.82) is 0 Å². The molecule has 0 aliphatic rings. The largest absolute Gasteiger partial charge is 0.445 e. The fraction of sp³-hybridized carbons (Fsp3) is 0.188. The van der Waals surface area contributed by atoms with Gasteiger partial charge in [0.1, 0.15) is 12.4 Å². The molecule has 0 aliphatic heterocycles. The third-order valence-electron chi connectivity index (χ3n) is 3.15. The van der Waals surface area contributed by atoms with E-state index in [9.17, 15) is 4.79 Å². The zero-order valence-electron chi connectivity index (χ0n) is 12.2. The Bertz CT molecular complexity index is 783. The SMILES string of the molecule is Cc1ccc2[nH]c(CNC(=O)OCc3ccccc3)nc2n1. The number of nitrogens with zero attached hydrogens (tertiary/aromatic N) is 2. The van der Waals surface area contributed by atoms with Crippen molar-refractivity contribution in [2.45, 2.75) is 20.1 Å². The van der Waals surface area contributed by atoms with E-state index in [2.05, 4.69) is 20.3 Å². The van der Waals surface area contributed by atoms with Crippen LogP contribution in [0, 0.1) is 6.92 Å². The number of rotatable bonds is 4. The number of benzene rings is 1. The van der Waals surface area contributed by atoms with Crippen molar-refractivity contribution < 1.29 is 9.53 Å². The summed E-state index contributed by atoms with van der Waals surface area (Å²) in [6.45, 7) is 2.42. The molecule has 0 unspecified atom stereocenters. The maximum Gasteiger partial charge on any atom is 0.407 e. The van der Waals surface area contributed by atoms with Crippen molar-refractivity contribution in [2.75, 3.05) is 0 Å². The van der Waals surface area contributed by atoms with E-state index in [0.29, 0.717) is 11.5 Å². The van der Waals surface area contributed by atoms with Crippen LogP contribution in [-0.2, 0) is 17.9 Å². The predicted molar refractivity (Wildman–Crippen MR) is 82.1 cm³/mol. The summed E-state index contributed by atoms with van der Waals surface area (Å²) in [4.78, 5) is 23.4. The van der Waals surface area contributed by atoms with Gasteiger partial charge in [-0.2, -0.15) is 0 Å². The summed E-state index contributed by atoms with van der Waals surface area (Å²) in [5, 5.41) is 2.66. The van der Waals surface area contributed by atoms with Gasteiger partial charge in [0, 0.05) is 5.69 Å². The normalized spacial score (nSPS) is 10.6. The molecule has 1 amide bonds. The molecule has 1 aromatic carbocycles. The van der Waals surface area contributed by atoms with Gasteiger partial charge in [-0.3, -0.25) is 0 Å². The van der Waals surface area contributed by atoms with E-state index in [1.807, 2.05) is 49.4 Å². The Labute approximate surface area is 127 Å². The molecule has 0 fully saturated rings. The van der Waals surface area contributed by atoms with Gasteiger partial charge in [0.2, 0.25) is 0 Å². The molecule has 3 rings (SSSR count). The van der Waals surface area contributed by atoms with Gasteiger partial charge in [-0.1, -0.05) is 30.3 Å². The van der Waals surface area contributed by atoms with Gasteiger partial charge < -0.3 is 15.0 Å². The number of ether oxygens (including phenoxy) is 1. The number of aromatic amines is 1. The van der Waals surface area contributed by atoms with E-state index in [-0.39, 0.29) is 13.2 Å². The lowest BCUT2D eigenvalue weighted by Gasteiger charge is -2.05. The second-order valence-electron chi connectivity index (χ2n) is 4.92. The topological polar surface area (TPSA) is 79.9 Å². The zero-order valence-corrected chi connectivity index (χ0v) is 12.2. The summed E-state index contributed by atoms with van der Waals surface area (Å²) in [5.74, 6) is 0.643. The lowest BCUT2D eigenvalue weighted by atomic mass is 10.2. The van der Waals surface area contributed by atoms with Crippen LogP contribution in [0.2, 0.25) is 0 Å². The number of fused-ring (bicyclic) bond motifs is 1. The average Bonchev–Trinajstić information content (AvgIpc) is 2.94. The number of carbonyl (C=O) groups excluding carboxylic acids is 1. The zero-order chi connectivity index (χ0) is 15.4. The maximum atomic E-state index is 11.7. The predicted octanol–water partition coefficient (Wildman–Crippen LogP) is 2.69. The molecule has 0 atom stereocenters. The fourth-order valence-electron chi connectivity index (χ4n) is 2.05. The van der Waals surface area contributed by atoms with Crippen LogP contribution in [0.5, 0.6) is 0 Å². The Morgan fingerprint density at radius 2 is 2.00 bits per heavy atom. The Morgan fingerprint density at radius 1 is 1.18 bits per heavy atom. The van der Waals surface area contributed by atoms with Crippen molar-refractivity contribution in [3.8, 4) is 0 Å². The van der Waals surface area contributed by atoms with Crippen LogP contribution in [0.15, 0.2) is 42.5 Å². The molecule has 2 N–H and O–H groups in total. The van der Waals surface area contributed by atoms with E-state index in [1.54, 1.807) is 0 Å². The van der Waals surface area contributed by atoms with Crippen LogP contribution in [0.1, 0.15) is 17.1 Å². The monoisotopic (exact) mass is 296 g/mol. The Hall–Kier alpha value is -2.89. The minimum Gasteiger partial charge on any atom is -0.445 e. The standard InChI is InChI=1S/C16H16N4O2/c1-11-7-8-13-15(18-11)20-14(19-13)9-17-16(21)22-10-12-5-3-2-4-6-12/h2-8H,9-10H2,1H3,(H,17,21)(H,18,19,20). The van der Waals surface area contributed by atoms with Crippen molar-refractivity contribution in [3.05, 3.63) is 59.5 Å². The summed E-state index contributed by atoms with van der Waals surface area (Å²) >= 11 is 0. The first kappa shape index (κ1) is 14.1. The molecule has 6 heteroatoms. The van der Waals surface area contributed by atoms with E-state index in [1.165, 1.54) is 0 Å². The molecule has 2 aromatic heterocycles. The molecule has 0 bridgehead atoms. The molecule has 0 aliphatic carbocycles. The summed E-state index contributed by atoms with van der Waals surface area (Å²) in [5.41, 5.74) is 3.34. The second-order valence-corrected chi connectivity index (χ2v) is 4.92. The molecule has 2 heterocycles. The number of pyridine rings is 1. The molecule has 0 saturated heterocycles. The highest BCUT2D eigenvalue weighted by Gasteiger charge is 2.07. The number of imidazole rings is 1. The maximum absolute atomic E-state index is 11.7. The van der Waals surface area contributed by atoms with Gasteiger partial charge in [-0.25, -0.2) is 14.8 Å². The first-order valence-corrected chi connectivity index (χ1v) is 6.97. The quantitative estimate of drug-likeness (QED) is 0.775. The Kier molecular flexibility index (Phi) is 4.00. The number of carbonyl (C=O) groups is 1. The lowest BCUT2D eigenvalue weighted by Crippen LogP contribution is -2.24. The van der Waals surface area contributed by atoms with Crippen molar-refractivity contribution in [3.63, 3.8) is 0 Å². The van der Waals surface area contributed by atoms with Crippen LogP contribution >= 0.6 is 0 Å². The van der Waals surface area contributed by atoms with Gasteiger partial charge in [-0.05, 0) is 24.6 Å². The van der Waals surface area contributed by atoms with Crippen LogP contribution < -0.4 is 5.32 Å². The summed E-state index contributed by atoms with van der Waals surface area (Å²) < 4.78 is 5.14. The van der Waals surface area contributed by atoms with Crippen LogP contribution in [0.3, 0.4) is 0 Å². The number of amides is 1. The minimum absolute atomic E-state index is 0.244. The highest BCUT2D eigenvalue weighted by atomic mass is 16.5. The first-order chi connectivity index (χ1) is 10.7. The van der Waals surface area contributed by atoms with Gasteiger partial charge in [0.05, 0.1) is 12.1 Å². The second kappa shape index (κ2) is 6.26. The van der Waals surface area contributed by atoms with Crippen molar-refractivity contribution in [1.82, 2.24) is 20.3 Å². The number of aryl methyl sites for hydroxylation is 1. The van der Waals surface area contributed by atoms with Gasteiger partial charge in [0.25, 0.3) is 0 Å². The summed E-state index contributed by atoms with van der Waals surface area (Å²) in [6.07, 6.45) is -0.478. The van der Waals surface area contributed by atoms with E-state index < -0.39 is 6.09 Å². The van der Waals surface area contributed by atoms with Crippen LogP contribution in [0.25, 0.3) is 11.2 Å². The Morgan fingerprint density at radius 3 is 2.82 bits per heavy atom. The number of H-pyrrole nitrogens is 1. The average molecular weight is 296 g/mol. The van der Waals surface area contributed by atoms with Crippen LogP contribution in [0.4, 0.5) is 4.79 Å². The fourth-order valence-corrected chi connectivity index (χ4v) is 2.05. The van der Waals surface area contributed by atoms with Crippen molar-refractivity contribution >= 4 is 17.3 Å². The van der Waals surface area contributed by atoms with E-state index >= 15 is 0 Å². The molecule has 0 saturated carbocycles. The molecule has 3 aromatic rings. The minimum atomic E-state index is -0.478. The molecule has 6 nitrogen and oxygen atoms in total. The molecular weight excluding hydrogens is 280 g/mol. The number of hydrogen-bond acceptors (Lipinski definition) is 4.